The van der Waals surface area contributed by atoms with Crippen LogP contribution in [0.15, 0.2) is 24.3 Å². The quantitative estimate of drug-likeness (QED) is 0.872. The van der Waals surface area contributed by atoms with E-state index in [1.165, 1.54) is 0 Å². The minimum absolute atomic E-state index is 0.0738. The molecule has 0 amide bonds. The fourth-order valence-electron chi connectivity index (χ4n) is 3.81. The maximum absolute atomic E-state index is 11.6. The Bertz CT molecular complexity index is 749. The van der Waals surface area contributed by atoms with E-state index in [9.17, 15) is 10.2 Å². The molecule has 2 N–H and O–H groups in total. The summed E-state index contributed by atoms with van der Waals surface area (Å²) in [4.78, 5) is 0. The van der Waals surface area contributed by atoms with Crippen molar-refractivity contribution in [3.05, 3.63) is 41.0 Å². The highest BCUT2D eigenvalue weighted by Gasteiger charge is 2.47. The molecule has 0 radical (unpaired) electrons. The summed E-state index contributed by atoms with van der Waals surface area (Å²) in [7, 11) is 4.72. The van der Waals surface area contributed by atoms with Crippen LogP contribution in [-0.4, -0.2) is 31.5 Å². The summed E-state index contributed by atoms with van der Waals surface area (Å²) >= 11 is 0. The van der Waals surface area contributed by atoms with Gasteiger partial charge in [-0.15, -0.1) is 0 Å². The molecule has 3 rings (SSSR count). The average Bonchev–Trinajstić information content (AvgIpc) is 2.90. The molecule has 0 saturated carbocycles. The van der Waals surface area contributed by atoms with E-state index in [4.69, 9.17) is 14.2 Å². The van der Waals surface area contributed by atoms with Gasteiger partial charge in [0.25, 0.3) is 0 Å². The van der Waals surface area contributed by atoms with Crippen LogP contribution in [0.25, 0.3) is 11.1 Å². The lowest BCUT2D eigenvalue weighted by Crippen LogP contribution is -2.31. The molecular weight excluding hydrogens is 320 g/mol. The molecule has 0 aromatic heterocycles. The van der Waals surface area contributed by atoms with Gasteiger partial charge in [0, 0.05) is 22.3 Å². The van der Waals surface area contributed by atoms with Crippen LogP contribution in [0.4, 0.5) is 0 Å². The number of hydrogen-bond donors (Lipinski definition) is 2. The third kappa shape index (κ3) is 2.23. The number of methoxy groups -OCH3 is 3. The Morgan fingerprint density at radius 1 is 0.880 bits per heavy atom. The molecule has 0 fully saturated rings. The SMILES string of the molecule is COc1ccc2c(c1OC)-c1c(ccc(CO)c1OC)C2(O)C(C)C. The Kier molecular flexibility index (Phi) is 4.39. The van der Waals surface area contributed by atoms with E-state index < -0.39 is 5.60 Å². The summed E-state index contributed by atoms with van der Waals surface area (Å²) in [5.41, 5.74) is 2.48. The van der Waals surface area contributed by atoms with Crippen molar-refractivity contribution >= 4 is 0 Å². The maximum atomic E-state index is 11.6. The van der Waals surface area contributed by atoms with Crippen molar-refractivity contribution in [2.24, 2.45) is 5.92 Å². The Morgan fingerprint density at radius 3 is 1.92 bits per heavy atom. The first-order valence-corrected chi connectivity index (χ1v) is 8.25. The Balaban J connectivity index is 2.49. The molecule has 0 spiro atoms. The predicted molar refractivity (Wildman–Crippen MR) is 95.3 cm³/mol. The lowest BCUT2D eigenvalue weighted by atomic mass is 9.81. The molecule has 25 heavy (non-hydrogen) atoms. The highest BCUT2D eigenvalue weighted by Crippen LogP contribution is 2.59. The van der Waals surface area contributed by atoms with E-state index >= 15 is 0 Å². The number of benzene rings is 2. The maximum Gasteiger partial charge on any atom is 0.169 e. The predicted octanol–water partition coefficient (Wildman–Crippen LogP) is 3.08. The minimum Gasteiger partial charge on any atom is -0.496 e. The zero-order valence-corrected chi connectivity index (χ0v) is 15.2. The van der Waals surface area contributed by atoms with Gasteiger partial charge in [-0.3, -0.25) is 0 Å². The van der Waals surface area contributed by atoms with Gasteiger partial charge in [-0.25, -0.2) is 0 Å². The smallest absolute Gasteiger partial charge is 0.169 e. The van der Waals surface area contributed by atoms with Crippen LogP contribution in [-0.2, 0) is 12.2 Å². The number of fused-ring (bicyclic) bond motifs is 3. The molecule has 1 unspecified atom stereocenters. The highest BCUT2D eigenvalue weighted by atomic mass is 16.5. The van der Waals surface area contributed by atoms with Gasteiger partial charge in [0.1, 0.15) is 11.4 Å². The lowest BCUT2D eigenvalue weighted by Gasteiger charge is -2.30. The van der Waals surface area contributed by atoms with E-state index in [0.29, 0.717) is 22.8 Å². The monoisotopic (exact) mass is 344 g/mol. The first kappa shape index (κ1) is 17.6. The summed E-state index contributed by atoms with van der Waals surface area (Å²) in [5.74, 6) is 1.60. The topological polar surface area (TPSA) is 68.2 Å². The zero-order chi connectivity index (χ0) is 18.4. The molecule has 1 aliphatic carbocycles. The van der Waals surface area contributed by atoms with Crippen molar-refractivity contribution in [1.82, 2.24) is 0 Å². The van der Waals surface area contributed by atoms with E-state index in [0.717, 1.165) is 22.3 Å². The number of aliphatic hydroxyl groups is 2. The van der Waals surface area contributed by atoms with Gasteiger partial charge < -0.3 is 24.4 Å². The molecule has 0 bridgehead atoms. The van der Waals surface area contributed by atoms with Gasteiger partial charge in [-0.2, -0.15) is 0 Å². The fourth-order valence-corrected chi connectivity index (χ4v) is 3.81. The Hall–Kier alpha value is -2.24. The van der Waals surface area contributed by atoms with Gasteiger partial charge >= 0.3 is 0 Å². The molecule has 2 aromatic carbocycles. The molecule has 0 aliphatic heterocycles. The van der Waals surface area contributed by atoms with E-state index in [-0.39, 0.29) is 12.5 Å². The largest absolute Gasteiger partial charge is 0.496 e. The first-order valence-electron chi connectivity index (χ1n) is 8.25. The lowest BCUT2D eigenvalue weighted by molar-refractivity contribution is 0.0361. The third-order valence-corrected chi connectivity index (χ3v) is 5.07. The van der Waals surface area contributed by atoms with Crippen LogP contribution >= 0.6 is 0 Å². The Morgan fingerprint density at radius 2 is 1.44 bits per heavy atom. The molecule has 134 valence electrons. The second kappa shape index (κ2) is 6.24. The molecule has 0 saturated heterocycles. The highest BCUT2D eigenvalue weighted by molar-refractivity contribution is 5.91. The molecule has 2 aromatic rings. The Labute approximate surface area is 147 Å². The number of aliphatic hydroxyl groups excluding tert-OH is 1. The van der Waals surface area contributed by atoms with Crippen molar-refractivity contribution in [2.45, 2.75) is 26.1 Å². The standard InChI is InChI=1S/C20H24O5/c1-11(2)20(22)13-7-6-12(10-21)18(24-4)16(13)17-14(20)8-9-15(23-3)19(17)25-5/h6-9,11,21-22H,10H2,1-5H3. The van der Waals surface area contributed by atoms with Gasteiger partial charge in [-0.05, 0) is 17.5 Å². The van der Waals surface area contributed by atoms with Crippen molar-refractivity contribution in [2.75, 3.05) is 21.3 Å². The van der Waals surface area contributed by atoms with Crippen molar-refractivity contribution < 1.29 is 24.4 Å². The van der Waals surface area contributed by atoms with Gasteiger partial charge in [0.2, 0.25) is 0 Å². The fraction of sp³-hybridized carbons (Fsp3) is 0.400. The molecule has 1 atom stereocenters. The summed E-state index contributed by atoms with van der Waals surface area (Å²) in [6.07, 6.45) is 0. The second-order valence-electron chi connectivity index (χ2n) is 6.48. The van der Waals surface area contributed by atoms with Crippen LogP contribution in [0, 0.1) is 5.92 Å². The summed E-state index contributed by atoms with van der Waals surface area (Å²) in [6.45, 7) is 3.79. The van der Waals surface area contributed by atoms with E-state index in [1.807, 2.05) is 26.0 Å². The zero-order valence-electron chi connectivity index (χ0n) is 15.2. The summed E-state index contributed by atoms with van der Waals surface area (Å²) in [5, 5.41) is 21.3. The first-order chi connectivity index (χ1) is 11.9. The van der Waals surface area contributed by atoms with Crippen LogP contribution < -0.4 is 14.2 Å². The summed E-state index contributed by atoms with van der Waals surface area (Å²) in [6, 6.07) is 7.32. The van der Waals surface area contributed by atoms with Crippen molar-refractivity contribution in [3.8, 4) is 28.4 Å². The van der Waals surface area contributed by atoms with Crippen LogP contribution in [0.1, 0.15) is 30.5 Å². The number of rotatable bonds is 5. The molecule has 5 nitrogen and oxygen atoms in total. The molecule has 1 aliphatic rings. The third-order valence-electron chi connectivity index (χ3n) is 5.07. The van der Waals surface area contributed by atoms with E-state index in [2.05, 4.69) is 0 Å². The molecule has 0 heterocycles. The van der Waals surface area contributed by atoms with E-state index in [1.54, 1.807) is 33.5 Å². The minimum atomic E-state index is -1.18. The molecular formula is C20H24O5. The average molecular weight is 344 g/mol. The van der Waals surface area contributed by atoms with Gasteiger partial charge in [0.15, 0.2) is 11.5 Å². The number of hydrogen-bond acceptors (Lipinski definition) is 5. The summed E-state index contributed by atoms with van der Waals surface area (Å²) < 4.78 is 16.7. The van der Waals surface area contributed by atoms with Crippen molar-refractivity contribution in [3.63, 3.8) is 0 Å². The van der Waals surface area contributed by atoms with Crippen molar-refractivity contribution in [1.29, 1.82) is 0 Å². The molecule has 5 heteroatoms. The second-order valence-corrected chi connectivity index (χ2v) is 6.48. The van der Waals surface area contributed by atoms with Gasteiger partial charge in [0.05, 0.1) is 27.9 Å². The number of ether oxygens (including phenoxy) is 3. The van der Waals surface area contributed by atoms with Gasteiger partial charge in [-0.1, -0.05) is 32.0 Å². The van der Waals surface area contributed by atoms with Crippen LogP contribution in [0.2, 0.25) is 0 Å². The van der Waals surface area contributed by atoms with Crippen LogP contribution in [0.3, 0.4) is 0 Å². The normalized spacial score (nSPS) is 18.1. The van der Waals surface area contributed by atoms with Crippen LogP contribution in [0.5, 0.6) is 17.2 Å².